The van der Waals surface area contributed by atoms with E-state index in [1.54, 1.807) is 0 Å². The van der Waals surface area contributed by atoms with E-state index in [2.05, 4.69) is 10.3 Å². The topological polar surface area (TPSA) is 105 Å². The summed E-state index contributed by atoms with van der Waals surface area (Å²) in [5, 5.41) is 11.7. The molecular formula is C13H10ClN3O3. The number of nitrogens with one attached hydrogen (secondary N) is 1. The molecule has 4 N–H and O–H groups in total. The molecule has 2 aromatic rings. The Morgan fingerprint density at radius 3 is 2.60 bits per heavy atom. The average molecular weight is 292 g/mol. The van der Waals surface area contributed by atoms with Crippen molar-refractivity contribution in [3.8, 4) is 0 Å². The Morgan fingerprint density at radius 1 is 1.20 bits per heavy atom. The van der Waals surface area contributed by atoms with Crippen LogP contribution in [0, 0.1) is 0 Å². The number of carbonyl (C=O) groups excluding carboxylic acids is 1. The second-order valence-electron chi connectivity index (χ2n) is 3.96. The monoisotopic (exact) mass is 291 g/mol. The molecule has 0 radical (unpaired) electrons. The van der Waals surface area contributed by atoms with Gasteiger partial charge in [-0.3, -0.25) is 9.78 Å². The minimum absolute atomic E-state index is 0.0156. The summed E-state index contributed by atoms with van der Waals surface area (Å²) in [6.07, 6.45) is 2.54. The molecule has 102 valence electrons. The van der Waals surface area contributed by atoms with Crippen molar-refractivity contribution < 1.29 is 14.7 Å². The van der Waals surface area contributed by atoms with Crippen molar-refractivity contribution in [2.75, 3.05) is 11.1 Å². The molecule has 0 atom stereocenters. The summed E-state index contributed by atoms with van der Waals surface area (Å²) in [4.78, 5) is 26.5. The molecule has 0 saturated carbocycles. The van der Waals surface area contributed by atoms with Gasteiger partial charge in [0.1, 0.15) is 0 Å². The van der Waals surface area contributed by atoms with Crippen LogP contribution < -0.4 is 11.1 Å². The Morgan fingerprint density at radius 2 is 1.95 bits per heavy atom. The van der Waals surface area contributed by atoms with Crippen LogP contribution in [0.3, 0.4) is 0 Å². The van der Waals surface area contributed by atoms with Gasteiger partial charge in [-0.15, -0.1) is 0 Å². The van der Waals surface area contributed by atoms with E-state index in [9.17, 15) is 9.59 Å². The fourth-order valence-electron chi connectivity index (χ4n) is 1.50. The lowest BCUT2D eigenvalue weighted by molar-refractivity contribution is 0.0696. The van der Waals surface area contributed by atoms with Gasteiger partial charge in [0, 0.05) is 11.8 Å². The third-order valence-electron chi connectivity index (χ3n) is 2.51. The van der Waals surface area contributed by atoms with Crippen LogP contribution in [0.1, 0.15) is 20.7 Å². The Labute approximate surface area is 119 Å². The van der Waals surface area contributed by atoms with E-state index in [1.165, 1.54) is 36.7 Å². The number of benzene rings is 1. The number of nitrogens with zero attached hydrogens (tertiary/aromatic N) is 1. The van der Waals surface area contributed by atoms with E-state index in [4.69, 9.17) is 22.4 Å². The Balaban J connectivity index is 2.21. The van der Waals surface area contributed by atoms with Gasteiger partial charge in [0.05, 0.1) is 28.2 Å². The number of carbonyl (C=O) groups is 2. The van der Waals surface area contributed by atoms with Gasteiger partial charge in [-0.25, -0.2) is 4.79 Å². The van der Waals surface area contributed by atoms with E-state index in [0.29, 0.717) is 11.3 Å². The molecule has 0 bridgehead atoms. The molecular weight excluding hydrogens is 282 g/mol. The predicted molar refractivity (Wildman–Crippen MR) is 75.0 cm³/mol. The van der Waals surface area contributed by atoms with Crippen molar-refractivity contribution in [1.82, 2.24) is 4.98 Å². The zero-order chi connectivity index (χ0) is 14.7. The lowest BCUT2D eigenvalue weighted by Gasteiger charge is -2.06. The van der Waals surface area contributed by atoms with Crippen LogP contribution >= 0.6 is 11.6 Å². The Kier molecular flexibility index (Phi) is 3.86. The first kappa shape index (κ1) is 13.8. The molecule has 1 amide bonds. The molecule has 0 saturated heterocycles. The van der Waals surface area contributed by atoms with Gasteiger partial charge in [-0.05, 0) is 24.3 Å². The quantitative estimate of drug-likeness (QED) is 0.752. The fraction of sp³-hybridized carbons (Fsp3) is 0. The number of hydrogen-bond acceptors (Lipinski definition) is 4. The van der Waals surface area contributed by atoms with Crippen LogP contribution in [0.5, 0.6) is 0 Å². The number of carboxylic acids is 1. The molecule has 20 heavy (non-hydrogen) atoms. The van der Waals surface area contributed by atoms with Gasteiger partial charge < -0.3 is 16.2 Å². The number of halogens is 1. The maximum absolute atomic E-state index is 12.0. The van der Waals surface area contributed by atoms with Crippen molar-refractivity contribution in [2.24, 2.45) is 0 Å². The van der Waals surface area contributed by atoms with E-state index >= 15 is 0 Å². The maximum Gasteiger partial charge on any atom is 0.337 e. The highest BCUT2D eigenvalue weighted by Gasteiger charge is 2.10. The Hall–Kier alpha value is -2.60. The molecule has 1 heterocycles. The molecule has 6 nitrogen and oxygen atoms in total. The van der Waals surface area contributed by atoms with Crippen molar-refractivity contribution >= 4 is 34.9 Å². The number of anilines is 2. The third kappa shape index (κ3) is 3.04. The van der Waals surface area contributed by atoms with Crippen molar-refractivity contribution in [3.05, 3.63) is 52.8 Å². The molecule has 1 aromatic carbocycles. The number of nitrogen functional groups attached to an aromatic ring is 1. The molecule has 1 aromatic heterocycles. The summed E-state index contributed by atoms with van der Waals surface area (Å²) in [5.41, 5.74) is 6.50. The highest BCUT2D eigenvalue weighted by molar-refractivity contribution is 6.33. The normalized spacial score (nSPS) is 10.1. The number of pyridine rings is 1. The van der Waals surface area contributed by atoms with Crippen LogP contribution in [0.25, 0.3) is 0 Å². The maximum atomic E-state index is 12.0. The van der Waals surface area contributed by atoms with E-state index in [1.807, 2.05) is 0 Å². The standard InChI is InChI=1S/C13H10ClN3O3/c14-10-4-7(1-2-11(10)15)12(18)17-9-3-8(13(19)20)5-16-6-9/h1-6H,15H2,(H,17,18)(H,19,20). The zero-order valence-corrected chi connectivity index (χ0v) is 10.9. The predicted octanol–water partition coefficient (Wildman–Crippen LogP) is 2.27. The smallest absolute Gasteiger partial charge is 0.337 e. The van der Waals surface area contributed by atoms with Gasteiger partial charge >= 0.3 is 5.97 Å². The first-order valence-corrected chi connectivity index (χ1v) is 5.90. The lowest BCUT2D eigenvalue weighted by atomic mass is 10.2. The number of aromatic nitrogens is 1. The summed E-state index contributed by atoms with van der Waals surface area (Å²) in [5.74, 6) is -1.56. The average Bonchev–Trinajstić information content (AvgIpc) is 2.42. The van der Waals surface area contributed by atoms with E-state index in [0.717, 1.165) is 0 Å². The summed E-state index contributed by atoms with van der Waals surface area (Å²) in [6.45, 7) is 0. The SMILES string of the molecule is Nc1ccc(C(=O)Nc2cncc(C(=O)O)c2)cc1Cl. The van der Waals surface area contributed by atoms with Crippen LogP contribution in [0.4, 0.5) is 11.4 Å². The highest BCUT2D eigenvalue weighted by atomic mass is 35.5. The van der Waals surface area contributed by atoms with Crippen molar-refractivity contribution in [1.29, 1.82) is 0 Å². The first-order valence-electron chi connectivity index (χ1n) is 5.52. The number of amides is 1. The summed E-state index contributed by atoms with van der Waals surface area (Å²) in [7, 11) is 0. The number of carboxylic acid groups (broad SMARTS) is 1. The van der Waals surface area contributed by atoms with Gasteiger partial charge in [-0.1, -0.05) is 11.6 Å². The Bertz CT molecular complexity index is 688. The van der Waals surface area contributed by atoms with Crippen molar-refractivity contribution in [3.63, 3.8) is 0 Å². The molecule has 2 rings (SSSR count). The highest BCUT2D eigenvalue weighted by Crippen LogP contribution is 2.20. The molecule has 0 unspecified atom stereocenters. The van der Waals surface area contributed by atoms with Gasteiger partial charge in [-0.2, -0.15) is 0 Å². The second-order valence-corrected chi connectivity index (χ2v) is 4.37. The van der Waals surface area contributed by atoms with Crippen LogP contribution in [-0.2, 0) is 0 Å². The van der Waals surface area contributed by atoms with E-state index < -0.39 is 11.9 Å². The van der Waals surface area contributed by atoms with Crippen LogP contribution in [0.2, 0.25) is 5.02 Å². The fourth-order valence-corrected chi connectivity index (χ4v) is 1.68. The summed E-state index contributed by atoms with van der Waals surface area (Å²) >= 11 is 5.83. The molecule has 0 aliphatic heterocycles. The van der Waals surface area contributed by atoms with Crippen LogP contribution in [-0.4, -0.2) is 22.0 Å². The molecule has 0 aliphatic carbocycles. The zero-order valence-electron chi connectivity index (χ0n) is 10.1. The summed E-state index contributed by atoms with van der Waals surface area (Å²) < 4.78 is 0. The molecule has 0 spiro atoms. The number of hydrogen-bond donors (Lipinski definition) is 3. The molecule has 0 fully saturated rings. The van der Waals surface area contributed by atoms with Crippen molar-refractivity contribution in [2.45, 2.75) is 0 Å². The summed E-state index contributed by atoms with van der Waals surface area (Å²) in [6, 6.07) is 5.78. The lowest BCUT2D eigenvalue weighted by Crippen LogP contribution is -2.13. The minimum Gasteiger partial charge on any atom is -0.478 e. The minimum atomic E-state index is -1.12. The third-order valence-corrected chi connectivity index (χ3v) is 2.83. The second kappa shape index (κ2) is 5.58. The number of nitrogens with two attached hydrogens (primary N) is 1. The number of rotatable bonds is 3. The van der Waals surface area contributed by atoms with Crippen LogP contribution in [0.15, 0.2) is 36.7 Å². The first-order chi connectivity index (χ1) is 9.47. The van der Waals surface area contributed by atoms with Gasteiger partial charge in [0.2, 0.25) is 0 Å². The van der Waals surface area contributed by atoms with Gasteiger partial charge in [0.25, 0.3) is 5.91 Å². The molecule has 0 aliphatic rings. The molecule has 7 heteroatoms. The largest absolute Gasteiger partial charge is 0.478 e. The van der Waals surface area contributed by atoms with Gasteiger partial charge in [0.15, 0.2) is 0 Å². The van der Waals surface area contributed by atoms with E-state index in [-0.39, 0.29) is 16.3 Å². The number of aromatic carboxylic acids is 1.